The van der Waals surface area contributed by atoms with Gasteiger partial charge in [0.2, 0.25) is 5.91 Å². The van der Waals surface area contributed by atoms with Crippen LogP contribution in [0.5, 0.6) is 5.75 Å². The molecule has 3 rings (SSSR count). The molecule has 1 aromatic carbocycles. The number of likely N-dealkylation sites (tertiary alicyclic amines) is 1. The molecule has 27 heavy (non-hydrogen) atoms. The van der Waals surface area contributed by atoms with Crippen LogP contribution in [-0.2, 0) is 11.2 Å². The molecule has 1 N–H and O–H groups in total. The van der Waals surface area contributed by atoms with Crippen LogP contribution in [0.15, 0.2) is 48.8 Å². The molecule has 2 heterocycles. The highest BCUT2D eigenvalue weighted by Crippen LogP contribution is 2.20. The molecule has 0 unspecified atom stereocenters. The van der Waals surface area contributed by atoms with Crippen molar-refractivity contribution in [2.75, 3.05) is 26.7 Å². The molecule has 1 aromatic heterocycles. The van der Waals surface area contributed by atoms with Gasteiger partial charge in [-0.15, -0.1) is 0 Å². The first kappa shape index (κ1) is 18.9. The quantitative estimate of drug-likeness (QED) is 0.850. The average Bonchev–Trinajstić information content (AvgIpc) is 2.74. The zero-order valence-corrected chi connectivity index (χ0v) is 15.6. The lowest BCUT2D eigenvalue weighted by molar-refractivity contribution is -0.126. The largest absolute Gasteiger partial charge is 0.496 e. The number of carbonyl (C=O) groups excluding carboxylic acids is 2. The van der Waals surface area contributed by atoms with Crippen molar-refractivity contribution in [1.29, 1.82) is 0 Å². The predicted octanol–water partition coefficient (Wildman–Crippen LogP) is 2.30. The Morgan fingerprint density at radius 3 is 2.67 bits per heavy atom. The van der Waals surface area contributed by atoms with E-state index in [-0.39, 0.29) is 17.7 Å². The summed E-state index contributed by atoms with van der Waals surface area (Å²) >= 11 is 0. The molecule has 1 aliphatic heterocycles. The fourth-order valence-corrected chi connectivity index (χ4v) is 3.39. The van der Waals surface area contributed by atoms with Crippen molar-refractivity contribution in [2.45, 2.75) is 19.3 Å². The summed E-state index contributed by atoms with van der Waals surface area (Å²) in [6.45, 7) is 1.77. The second-order valence-electron chi connectivity index (χ2n) is 6.66. The first-order valence-electron chi connectivity index (χ1n) is 9.28. The van der Waals surface area contributed by atoms with Crippen LogP contribution in [0, 0.1) is 5.92 Å². The number of rotatable bonds is 6. The zero-order valence-electron chi connectivity index (χ0n) is 15.6. The third kappa shape index (κ3) is 4.84. The van der Waals surface area contributed by atoms with E-state index < -0.39 is 0 Å². The van der Waals surface area contributed by atoms with Crippen molar-refractivity contribution < 1.29 is 14.3 Å². The minimum atomic E-state index is -0.0411. The van der Waals surface area contributed by atoms with Gasteiger partial charge in [-0.05, 0) is 43.0 Å². The molecule has 0 saturated carbocycles. The van der Waals surface area contributed by atoms with Crippen molar-refractivity contribution >= 4 is 11.8 Å². The minimum absolute atomic E-state index is 0.0156. The second-order valence-corrected chi connectivity index (χ2v) is 6.66. The summed E-state index contributed by atoms with van der Waals surface area (Å²) in [6.07, 6.45) is 5.34. The van der Waals surface area contributed by atoms with Crippen LogP contribution < -0.4 is 10.1 Å². The number of piperidine rings is 1. The number of ether oxygens (including phenoxy) is 1. The molecule has 0 bridgehead atoms. The Bertz CT molecular complexity index is 771. The van der Waals surface area contributed by atoms with Gasteiger partial charge in [0, 0.05) is 37.9 Å². The number of aromatic nitrogens is 1. The molecule has 142 valence electrons. The lowest BCUT2D eigenvalue weighted by atomic mass is 9.95. The molecule has 0 spiro atoms. The molecule has 2 amide bonds. The lowest BCUT2D eigenvalue weighted by Crippen LogP contribution is -2.43. The van der Waals surface area contributed by atoms with Crippen molar-refractivity contribution in [3.05, 3.63) is 59.9 Å². The number of methoxy groups -OCH3 is 1. The Morgan fingerprint density at radius 1 is 1.19 bits per heavy atom. The Hall–Kier alpha value is -2.89. The first-order valence-corrected chi connectivity index (χ1v) is 9.28. The van der Waals surface area contributed by atoms with Crippen LogP contribution in [0.4, 0.5) is 0 Å². The van der Waals surface area contributed by atoms with Crippen LogP contribution in [0.1, 0.15) is 28.8 Å². The molecule has 0 radical (unpaired) electrons. The molecule has 1 aliphatic rings. The van der Waals surface area contributed by atoms with E-state index in [1.54, 1.807) is 36.5 Å². The number of benzene rings is 1. The van der Waals surface area contributed by atoms with E-state index in [2.05, 4.69) is 10.3 Å². The number of hydrogen-bond donors (Lipinski definition) is 1. The topological polar surface area (TPSA) is 71.5 Å². The monoisotopic (exact) mass is 367 g/mol. The summed E-state index contributed by atoms with van der Waals surface area (Å²) in [5.74, 6) is 0.853. The number of para-hydroxylation sites is 1. The highest BCUT2D eigenvalue weighted by molar-refractivity contribution is 5.94. The third-order valence-corrected chi connectivity index (χ3v) is 4.95. The van der Waals surface area contributed by atoms with Crippen molar-refractivity contribution in [3.8, 4) is 5.75 Å². The van der Waals surface area contributed by atoms with Gasteiger partial charge in [-0.25, -0.2) is 0 Å². The van der Waals surface area contributed by atoms with Crippen LogP contribution >= 0.6 is 0 Å². The maximum atomic E-state index is 12.4. The van der Waals surface area contributed by atoms with Crippen LogP contribution in [0.3, 0.4) is 0 Å². The lowest BCUT2D eigenvalue weighted by Gasteiger charge is -2.31. The molecular weight excluding hydrogens is 342 g/mol. The summed E-state index contributed by atoms with van der Waals surface area (Å²) in [4.78, 5) is 30.7. The van der Waals surface area contributed by atoms with Gasteiger partial charge in [-0.2, -0.15) is 0 Å². The predicted molar refractivity (Wildman–Crippen MR) is 103 cm³/mol. The number of carbonyl (C=O) groups is 2. The van der Waals surface area contributed by atoms with Gasteiger partial charge < -0.3 is 15.0 Å². The number of nitrogens with zero attached hydrogens (tertiary/aromatic N) is 2. The van der Waals surface area contributed by atoms with Gasteiger partial charge in [0.05, 0.1) is 12.7 Å². The minimum Gasteiger partial charge on any atom is -0.496 e. The number of pyridine rings is 1. The number of hydrogen-bond acceptors (Lipinski definition) is 4. The molecular formula is C21H25N3O3. The van der Waals surface area contributed by atoms with E-state index in [1.807, 2.05) is 24.3 Å². The van der Waals surface area contributed by atoms with Gasteiger partial charge in [-0.1, -0.05) is 18.2 Å². The van der Waals surface area contributed by atoms with E-state index in [4.69, 9.17) is 4.74 Å². The summed E-state index contributed by atoms with van der Waals surface area (Å²) < 4.78 is 5.34. The van der Waals surface area contributed by atoms with Gasteiger partial charge in [0.15, 0.2) is 0 Å². The molecule has 6 nitrogen and oxygen atoms in total. The maximum absolute atomic E-state index is 12.4. The third-order valence-electron chi connectivity index (χ3n) is 4.95. The zero-order chi connectivity index (χ0) is 19.1. The fourth-order valence-electron chi connectivity index (χ4n) is 3.39. The highest BCUT2D eigenvalue weighted by atomic mass is 16.5. The Labute approximate surface area is 159 Å². The molecule has 2 aromatic rings. The Morgan fingerprint density at radius 2 is 1.96 bits per heavy atom. The van der Waals surface area contributed by atoms with E-state index in [0.29, 0.717) is 38.0 Å². The first-order chi connectivity index (χ1) is 13.2. The van der Waals surface area contributed by atoms with E-state index in [0.717, 1.165) is 17.7 Å². The number of nitrogens with one attached hydrogen (secondary N) is 1. The summed E-state index contributed by atoms with van der Waals surface area (Å²) in [6, 6.07) is 11.4. The Balaban J connectivity index is 1.44. The van der Waals surface area contributed by atoms with E-state index in [9.17, 15) is 9.59 Å². The summed E-state index contributed by atoms with van der Waals surface area (Å²) in [5.41, 5.74) is 1.68. The van der Waals surface area contributed by atoms with Crippen molar-refractivity contribution in [3.63, 3.8) is 0 Å². The average molecular weight is 367 g/mol. The van der Waals surface area contributed by atoms with Gasteiger partial charge in [0.1, 0.15) is 5.75 Å². The van der Waals surface area contributed by atoms with Crippen LogP contribution in [0.2, 0.25) is 0 Å². The second kappa shape index (κ2) is 9.16. The van der Waals surface area contributed by atoms with Crippen LogP contribution in [-0.4, -0.2) is 48.4 Å². The van der Waals surface area contributed by atoms with Crippen molar-refractivity contribution in [2.24, 2.45) is 5.92 Å². The molecule has 6 heteroatoms. The standard InChI is InChI=1S/C21H25N3O3/c1-27-19-7-3-2-5-16(19)8-12-23-20(25)17-9-13-24(14-10-17)21(26)18-6-4-11-22-15-18/h2-7,11,15,17H,8-10,12-14H2,1H3,(H,23,25). The highest BCUT2D eigenvalue weighted by Gasteiger charge is 2.27. The summed E-state index contributed by atoms with van der Waals surface area (Å²) in [5, 5.41) is 3.02. The molecule has 0 aliphatic carbocycles. The Kier molecular flexibility index (Phi) is 6.41. The fraction of sp³-hybridized carbons (Fsp3) is 0.381. The van der Waals surface area contributed by atoms with Gasteiger partial charge in [-0.3, -0.25) is 14.6 Å². The smallest absolute Gasteiger partial charge is 0.255 e. The normalized spacial score (nSPS) is 14.6. The van der Waals surface area contributed by atoms with Crippen molar-refractivity contribution in [1.82, 2.24) is 15.2 Å². The van der Waals surface area contributed by atoms with Gasteiger partial charge >= 0.3 is 0 Å². The SMILES string of the molecule is COc1ccccc1CCNC(=O)C1CCN(C(=O)c2cccnc2)CC1. The maximum Gasteiger partial charge on any atom is 0.255 e. The van der Waals surface area contributed by atoms with Crippen LogP contribution in [0.25, 0.3) is 0 Å². The molecule has 1 fully saturated rings. The summed E-state index contributed by atoms with van der Waals surface area (Å²) in [7, 11) is 1.65. The van der Waals surface area contributed by atoms with E-state index in [1.165, 1.54) is 0 Å². The molecule has 1 saturated heterocycles. The van der Waals surface area contributed by atoms with E-state index >= 15 is 0 Å². The molecule has 0 atom stereocenters. The van der Waals surface area contributed by atoms with Gasteiger partial charge in [0.25, 0.3) is 5.91 Å². The number of amides is 2.